The minimum absolute atomic E-state index is 0.394. The molecule has 2 aromatic rings. The van der Waals surface area contributed by atoms with Gasteiger partial charge in [0.1, 0.15) is 5.52 Å². The van der Waals surface area contributed by atoms with E-state index in [1.165, 1.54) is 0 Å². The first kappa shape index (κ1) is 10.4. The van der Waals surface area contributed by atoms with Crippen molar-refractivity contribution in [3.8, 4) is 0 Å². The summed E-state index contributed by atoms with van der Waals surface area (Å²) >= 11 is 0. The number of carbonyl (C=O) groups is 1. The van der Waals surface area contributed by atoms with Crippen molar-refractivity contribution in [2.75, 3.05) is 0 Å². The predicted octanol–water partition coefficient (Wildman–Crippen LogP) is 0.809. The lowest BCUT2D eigenvalue weighted by atomic mass is 10.2. The van der Waals surface area contributed by atoms with Gasteiger partial charge in [-0.3, -0.25) is 5.43 Å². The molecule has 1 aromatic heterocycles. The highest BCUT2D eigenvalue weighted by Crippen LogP contribution is 2.16. The molecule has 84 valence electrons. The summed E-state index contributed by atoms with van der Waals surface area (Å²) in [5.41, 5.74) is 4.45. The van der Waals surface area contributed by atoms with E-state index >= 15 is 0 Å². The molecule has 4 N–H and O–H groups in total. The van der Waals surface area contributed by atoms with E-state index in [1.807, 2.05) is 23.6 Å². The molecule has 0 unspecified atom stereocenters. The van der Waals surface area contributed by atoms with Crippen molar-refractivity contribution in [1.82, 2.24) is 15.7 Å². The number of nitrogens with two attached hydrogens (primary N) is 1. The van der Waals surface area contributed by atoms with Gasteiger partial charge in [-0.25, -0.2) is 15.6 Å². The maximum absolute atomic E-state index is 10.9. The first-order chi connectivity index (χ1) is 7.69. The van der Waals surface area contributed by atoms with Crippen LogP contribution in [0.5, 0.6) is 0 Å². The molecule has 1 heterocycles. The molecular formula is C10H12N4O2. The van der Waals surface area contributed by atoms with Crippen molar-refractivity contribution in [3.05, 3.63) is 29.7 Å². The topological polar surface area (TPSA) is 93.2 Å². The predicted molar refractivity (Wildman–Crippen MR) is 58.3 cm³/mol. The summed E-state index contributed by atoms with van der Waals surface area (Å²) in [5, 5.41) is 2.59. The van der Waals surface area contributed by atoms with Gasteiger partial charge in [0.05, 0.1) is 0 Å². The lowest BCUT2D eigenvalue weighted by molar-refractivity contribution is 0.241. The number of urea groups is 1. The molecule has 0 radical (unpaired) electrons. The standard InChI is InChI=1S/C10H12N4O2/c1-6-13-8-4-7(2-3-9(8)16-6)5-12-10(15)14-11/h2-4H,5,11H2,1H3,(H2,12,14,15). The van der Waals surface area contributed by atoms with Crippen LogP contribution in [0.15, 0.2) is 22.6 Å². The molecule has 1 aromatic carbocycles. The Morgan fingerprint density at radius 2 is 2.38 bits per heavy atom. The fourth-order valence-electron chi connectivity index (χ4n) is 1.43. The Hall–Kier alpha value is -2.08. The number of nitrogens with zero attached hydrogens (tertiary/aromatic N) is 1. The van der Waals surface area contributed by atoms with Gasteiger partial charge in [0.15, 0.2) is 11.5 Å². The Balaban J connectivity index is 2.16. The number of benzene rings is 1. The van der Waals surface area contributed by atoms with E-state index in [4.69, 9.17) is 10.3 Å². The molecule has 2 rings (SSSR count). The molecule has 0 aliphatic carbocycles. The highest BCUT2D eigenvalue weighted by molar-refractivity contribution is 5.75. The number of fused-ring (bicyclic) bond motifs is 1. The largest absolute Gasteiger partial charge is 0.441 e. The number of hydrogen-bond donors (Lipinski definition) is 3. The van der Waals surface area contributed by atoms with Crippen LogP contribution in [-0.2, 0) is 6.54 Å². The highest BCUT2D eigenvalue weighted by Gasteiger charge is 2.03. The number of rotatable bonds is 2. The third-order valence-electron chi connectivity index (χ3n) is 2.14. The quantitative estimate of drug-likeness (QED) is 0.396. The first-order valence-corrected chi connectivity index (χ1v) is 4.79. The molecule has 0 aliphatic heterocycles. The van der Waals surface area contributed by atoms with Gasteiger partial charge in [0, 0.05) is 13.5 Å². The van der Waals surface area contributed by atoms with E-state index < -0.39 is 6.03 Å². The molecule has 0 saturated heterocycles. The minimum atomic E-state index is -0.420. The molecule has 0 bridgehead atoms. The highest BCUT2D eigenvalue weighted by atomic mass is 16.3. The van der Waals surface area contributed by atoms with Crippen LogP contribution in [0.25, 0.3) is 11.1 Å². The Morgan fingerprint density at radius 3 is 3.12 bits per heavy atom. The van der Waals surface area contributed by atoms with Crippen LogP contribution < -0.4 is 16.6 Å². The van der Waals surface area contributed by atoms with Crippen LogP contribution >= 0.6 is 0 Å². The number of nitrogens with one attached hydrogen (secondary N) is 2. The second kappa shape index (κ2) is 4.19. The number of aromatic nitrogens is 1. The van der Waals surface area contributed by atoms with Crippen LogP contribution in [0.4, 0.5) is 4.79 Å². The lowest BCUT2D eigenvalue weighted by Crippen LogP contribution is -2.39. The fraction of sp³-hybridized carbons (Fsp3) is 0.200. The van der Waals surface area contributed by atoms with Crippen LogP contribution in [0.1, 0.15) is 11.5 Å². The molecular weight excluding hydrogens is 208 g/mol. The van der Waals surface area contributed by atoms with Crippen LogP contribution in [0.3, 0.4) is 0 Å². The van der Waals surface area contributed by atoms with Gasteiger partial charge in [-0.05, 0) is 17.7 Å². The number of hydrazine groups is 1. The van der Waals surface area contributed by atoms with Crippen molar-refractivity contribution in [1.29, 1.82) is 0 Å². The minimum Gasteiger partial charge on any atom is -0.441 e. The number of carbonyl (C=O) groups excluding carboxylic acids is 1. The van der Waals surface area contributed by atoms with E-state index in [0.29, 0.717) is 12.4 Å². The van der Waals surface area contributed by atoms with Gasteiger partial charge in [-0.15, -0.1) is 0 Å². The zero-order valence-corrected chi connectivity index (χ0v) is 8.78. The number of hydrogen-bond acceptors (Lipinski definition) is 4. The Bertz CT molecular complexity index is 521. The van der Waals surface area contributed by atoms with E-state index in [9.17, 15) is 4.79 Å². The summed E-state index contributed by atoms with van der Waals surface area (Å²) in [6, 6.07) is 5.13. The van der Waals surface area contributed by atoms with E-state index in [0.717, 1.165) is 16.7 Å². The van der Waals surface area contributed by atoms with E-state index in [2.05, 4.69) is 10.3 Å². The number of amides is 2. The Kier molecular flexibility index (Phi) is 2.74. The molecule has 0 saturated carbocycles. The van der Waals surface area contributed by atoms with E-state index in [-0.39, 0.29) is 0 Å². The Labute approximate surface area is 91.8 Å². The second-order valence-corrected chi connectivity index (χ2v) is 3.36. The van der Waals surface area contributed by atoms with Crippen LogP contribution in [0.2, 0.25) is 0 Å². The SMILES string of the molecule is Cc1nc2cc(CNC(=O)NN)ccc2o1. The number of oxazole rings is 1. The summed E-state index contributed by atoms with van der Waals surface area (Å²) in [6.45, 7) is 2.19. The molecule has 16 heavy (non-hydrogen) atoms. The molecule has 6 nitrogen and oxygen atoms in total. The summed E-state index contributed by atoms with van der Waals surface area (Å²) in [5.74, 6) is 5.57. The summed E-state index contributed by atoms with van der Waals surface area (Å²) in [6.07, 6.45) is 0. The second-order valence-electron chi connectivity index (χ2n) is 3.36. The van der Waals surface area contributed by atoms with Crippen molar-refractivity contribution in [3.63, 3.8) is 0 Å². The third-order valence-corrected chi connectivity index (χ3v) is 2.14. The van der Waals surface area contributed by atoms with Gasteiger partial charge < -0.3 is 9.73 Å². The van der Waals surface area contributed by atoms with Crippen molar-refractivity contribution >= 4 is 17.1 Å². The molecule has 6 heteroatoms. The lowest BCUT2D eigenvalue weighted by Gasteiger charge is -2.03. The molecule has 0 spiro atoms. The average Bonchev–Trinajstić information content (AvgIpc) is 2.65. The number of aryl methyl sites for hydroxylation is 1. The van der Waals surface area contributed by atoms with E-state index in [1.54, 1.807) is 6.92 Å². The summed E-state index contributed by atoms with van der Waals surface area (Å²) < 4.78 is 5.34. The van der Waals surface area contributed by atoms with Gasteiger partial charge in [-0.2, -0.15) is 0 Å². The van der Waals surface area contributed by atoms with Crippen molar-refractivity contribution in [2.45, 2.75) is 13.5 Å². The normalized spacial score (nSPS) is 10.4. The molecule has 0 atom stereocenters. The summed E-state index contributed by atoms with van der Waals surface area (Å²) in [4.78, 5) is 15.1. The smallest absolute Gasteiger partial charge is 0.329 e. The Morgan fingerprint density at radius 1 is 1.56 bits per heavy atom. The molecule has 0 fully saturated rings. The average molecular weight is 220 g/mol. The zero-order valence-electron chi connectivity index (χ0n) is 8.78. The maximum Gasteiger partial charge on any atom is 0.329 e. The molecule has 0 aliphatic rings. The zero-order chi connectivity index (χ0) is 11.5. The third kappa shape index (κ3) is 2.12. The van der Waals surface area contributed by atoms with Gasteiger partial charge >= 0.3 is 6.03 Å². The van der Waals surface area contributed by atoms with Crippen molar-refractivity contribution in [2.24, 2.45) is 5.84 Å². The molecule has 2 amide bonds. The monoisotopic (exact) mass is 220 g/mol. The van der Waals surface area contributed by atoms with Gasteiger partial charge in [-0.1, -0.05) is 6.07 Å². The first-order valence-electron chi connectivity index (χ1n) is 4.79. The van der Waals surface area contributed by atoms with Crippen LogP contribution in [-0.4, -0.2) is 11.0 Å². The maximum atomic E-state index is 10.9. The fourth-order valence-corrected chi connectivity index (χ4v) is 1.43. The van der Waals surface area contributed by atoms with Crippen LogP contribution in [0, 0.1) is 6.92 Å². The van der Waals surface area contributed by atoms with Gasteiger partial charge in [0.2, 0.25) is 0 Å². The van der Waals surface area contributed by atoms with Crippen molar-refractivity contribution < 1.29 is 9.21 Å². The van der Waals surface area contributed by atoms with Gasteiger partial charge in [0.25, 0.3) is 0 Å². The summed E-state index contributed by atoms with van der Waals surface area (Å²) in [7, 11) is 0.